The van der Waals surface area contributed by atoms with Crippen LogP contribution in [0.1, 0.15) is 25.0 Å². The predicted octanol–water partition coefficient (Wildman–Crippen LogP) is 4.32. The minimum absolute atomic E-state index is 0.0722. The highest BCUT2D eigenvalue weighted by molar-refractivity contribution is 6.02. The first-order valence-corrected chi connectivity index (χ1v) is 9.30. The van der Waals surface area contributed by atoms with Crippen LogP contribution in [0.25, 0.3) is 6.08 Å². The Hall–Kier alpha value is -3.42. The van der Waals surface area contributed by atoms with E-state index in [4.69, 9.17) is 4.74 Å². The molecule has 2 aromatic rings. The van der Waals surface area contributed by atoms with Crippen molar-refractivity contribution in [3.63, 3.8) is 0 Å². The van der Waals surface area contributed by atoms with E-state index in [1.54, 1.807) is 37.1 Å². The Morgan fingerprint density at radius 1 is 1.17 bits per heavy atom. The quantitative estimate of drug-likeness (QED) is 0.616. The molecule has 160 valence electrons. The molecule has 0 spiro atoms. The maximum atomic E-state index is 12.5. The number of nitrogens with zero attached hydrogens (tertiary/aromatic N) is 1. The van der Waals surface area contributed by atoms with E-state index in [1.807, 2.05) is 12.1 Å². The van der Waals surface area contributed by atoms with E-state index in [-0.39, 0.29) is 29.9 Å². The lowest BCUT2D eigenvalue weighted by Gasteiger charge is -2.17. The molecule has 0 bridgehead atoms. The van der Waals surface area contributed by atoms with Gasteiger partial charge in [0.1, 0.15) is 0 Å². The molecule has 0 aliphatic carbocycles. The third kappa shape index (κ3) is 6.88. The van der Waals surface area contributed by atoms with Crippen LogP contribution in [0, 0.1) is 0 Å². The first kappa shape index (κ1) is 22.9. The Morgan fingerprint density at radius 2 is 1.90 bits per heavy atom. The normalized spacial score (nSPS) is 10.9. The van der Waals surface area contributed by atoms with E-state index in [0.717, 1.165) is 5.56 Å². The second-order valence-corrected chi connectivity index (χ2v) is 6.37. The summed E-state index contributed by atoms with van der Waals surface area (Å²) in [5.74, 6) is -0.367. The Kier molecular flexibility index (Phi) is 8.34. The van der Waals surface area contributed by atoms with Crippen molar-refractivity contribution in [3.05, 3.63) is 59.7 Å². The van der Waals surface area contributed by atoms with Gasteiger partial charge in [-0.25, -0.2) is 0 Å². The molecular weight excluding hydrogens is 394 g/mol. The SMILES string of the molecule is CCOc1cc(/C=C/C(=O)Nc2ccccc2CN(C)C(C)=O)ccc1OC(F)F. The van der Waals surface area contributed by atoms with Crippen molar-refractivity contribution in [3.8, 4) is 11.5 Å². The van der Waals surface area contributed by atoms with E-state index in [9.17, 15) is 18.4 Å². The molecule has 2 amide bonds. The number of halogens is 2. The predicted molar refractivity (Wildman–Crippen MR) is 110 cm³/mol. The fourth-order valence-corrected chi connectivity index (χ4v) is 2.58. The molecule has 8 heteroatoms. The standard InChI is InChI=1S/C22H24F2N2O4/c1-4-29-20-13-16(9-11-19(20)30-22(23)24)10-12-21(28)25-18-8-6-5-7-17(18)14-26(3)15(2)27/h5-13,22H,4,14H2,1-3H3,(H,25,28)/b12-10+. The fourth-order valence-electron chi connectivity index (χ4n) is 2.58. The molecule has 0 fully saturated rings. The number of ether oxygens (including phenoxy) is 2. The van der Waals surface area contributed by atoms with Gasteiger partial charge in [0.25, 0.3) is 0 Å². The molecule has 30 heavy (non-hydrogen) atoms. The fraction of sp³-hybridized carbons (Fsp3) is 0.273. The van der Waals surface area contributed by atoms with Crippen molar-refractivity contribution in [1.82, 2.24) is 4.90 Å². The topological polar surface area (TPSA) is 67.9 Å². The van der Waals surface area contributed by atoms with Crippen LogP contribution in [0.3, 0.4) is 0 Å². The number of benzene rings is 2. The highest BCUT2D eigenvalue weighted by atomic mass is 19.3. The molecule has 0 heterocycles. The average molecular weight is 418 g/mol. The lowest BCUT2D eigenvalue weighted by Crippen LogP contribution is -2.24. The number of carbonyl (C=O) groups is 2. The maximum Gasteiger partial charge on any atom is 0.387 e. The summed E-state index contributed by atoms with van der Waals surface area (Å²) >= 11 is 0. The highest BCUT2D eigenvalue weighted by Gasteiger charge is 2.12. The van der Waals surface area contributed by atoms with E-state index < -0.39 is 6.61 Å². The van der Waals surface area contributed by atoms with Crippen LogP contribution in [0.4, 0.5) is 14.5 Å². The zero-order chi connectivity index (χ0) is 22.1. The number of carbonyl (C=O) groups excluding carboxylic acids is 2. The van der Waals surface area contributed by atoms with Crippen molar-refractivity contribution in [1.29, 1.82) is 0 Å². The molecule has 0 aliphatic heterocycles. The third-order valence-corrected chi connectivity index (χ3v) is 4.13. The minimum atomic E-state index is -2.96. The van der Waals surface area contributed by atoms with Crippen LogP contribution in [0.5, 0.6) is 11.5 Å². The maximum absolute atomic E-state index is 12.5. The average Bonchev–Trinajstić information content (AvgIpc) is 2.69. The van der Waals surface area contributed by atoms with Gasteiger partial charge in [0.2, 0.25) is 11.8 Å². The molecule has 2 rings (SSSR count). The van der Waals surface area contributed by atoms with Gasteiger partial charge in [-0.15, -0.1) is 0 Å². The molecule has 6 nitrogen and oxygen atoms in total. The molecule has 1 N–H and O–H groups in total. The summed E-state index contributed by atoms with van der Waals surface area (Å²) in [5, 5.41) is 2.78. The number of nitrogens with one attached hydrogen (secondary N) is 1. The Morgan fingerprint density at radius 3 is 2.57 bits per heavy atom. The minimum Gasteiger partial charge on any atom is -0.490 e. The van der Waals surface area contributed by atoms with Crippen LogP contribution < -0.4 is 14.8 Å². The van der Waals surface area contributed by atoms with Gasteiger partial charge in [-0.05, 0) is 42.3 Å². The van der Waals surface area contributed by atoms with Crippen LogP contribution >= 0.6 is 0 Å². The van der Waals surface area contributed by atoms with Gasteiger partial charge in [0, 0.05) is 32.3 Å². The first-order valence-electron chi connectivity index (χ1n) is 9.30. The number of para-hydroxylation sites is 1. The first-order chi connectivity index (χ1) is 14.3. The number of alkyl halides is 2. The smallest absolute Gasteiger partial charge is 0.387 e. The van der Waals surface area contributed by atoms with Crippen molar-refractivity contribution in [2.24, 2.45) is 0 Å². The van der Waals surface area contributed by atoms with Gasteiger partial charge in [0.15, 0.2) is 11.5 Å². The van der Waals surface area contributed by atoms with Crippen LogP contribution in [-0.2, 0) is 16.1 Å². The summed E-state index contributed by atoms with van der Waals surface area (Å²) in [6.45, 7) is 0.872. The zero-order valence-corrected chi connectivity index (χ0v) is 17.0. The molecule has 0 saturated heterocycles. The van der Waals surface area contributed by atoms with Crippen LogP contribution in [0.2, 0.25) is 0 Å². The van der Waals surface area contributed by atoms with Crippen LogP contribution in [0.15, 0.2) is 48.5 Å². The zero-order valence-electron chi connectivity index (χ0n) is 17.0. The Bertz CT molecular complexity index is 916. The molecule has 0 aliphatic rings. The molecule has 0 unspecified atom stereocenters. The van der Waals surface area contributed by atoms with Gasteiger partial charge in [-0.1, -0.05) is 24.3 Å². The van der Waals surface area contributed by atoms with Gasteiger partial charge in [-0.2, -0.15) is 8.78 Å². The van der Waals surface area contributed by atoms with Crippen molar-refractivity contribution < 1.29 is 27.8 Å². The van der Waals surface area contributed by atoms with E-state index in [2.05, 4.69) is 10.1 Å². The van der Waals surface area contributed by atoms with Crippen molar-refractivity contribution in [2.75, 3.05) is 19.0 Å². The van der Waals surface area contributed by atoms with Gasteiger partial charge < -0.3 is 19.7 Å². The second kappa shape index (κ2) is 10.9. The Balaban J connectivity index is 2.11. The number of anilines is 1. The highest BCUT2D eigenvalue weighted by Crippen LogP contribution is 2.30. The summed E-state index contributed by atoms with van der Waals surface area (Å²) in [4.78, 5) is 25.4. The number of amides is 2. The number of hydrogen-bond donors (Lipinski definition) is 1. The number of hydrogen-bond acceptors (Lipinski definition) is 4. The van der Waals surface area contributed by atoms with Gasteiger partial charge >= 0.3 is 6.61 Å². The molecule has 0 aromatic heterocycles. The molecule has 0 atom stereocenters. The summed E-state index contributed by atoms with van der Waals surface area (Å²) in [6, 6.07) is 11.6. The van der Waals surface area contributed by atoms with Gasteiger partial charge in [0.05, 0.1) is 6.61 Å². The van der Waals surface area contributed by atoms with E-state index in [1.165, 1.54) is 31.2 Å². The summed E-state index contributed by atoms with van der Waals surface area (Å²) in [7, 11) is 1.68. The lowest BCUT2D eigenvalue weighted by atomic mass is 10.1. The molecule has 2 aromatic carbocycles. The van der Waals surface area contributed by atoms with E-state index in [0.29, 0.717) is 17.8 Å². The lowest BCUT2D eigenvalue weighted by molar-refractivity contribution is -0.128. The molecule has 0 saturated carbocycles. The largest absolute Gasteiger partial charge is 0.490 e. The summed E-state index contributed by atoms with van der Waals surface area (Å²) in [5.41, 5.74) is 1.97. The van der Waals surface area contributed by atoms with E-state index >= 15 is 0 Å². The van der Waals surface area contributed by atoms with Crippen LogP contribution in [-0.4, -0.2) is 37.0 Å². The van der Waals surface area contributed by atoms with Gasteiger partial charge in [-0.3, -0.25) is 9.59 Å². The molecule has 0 radical (unpaired) electrons. The Labute approximate surface area is 174 Å². The van der Waals surface area contributed by atoms with Crippen molar-refractivity contribution >= 4 is 23.6 Å². The second-order valence-electron chi connectivity index (χ2n) is 6.37. The number of rotatable bonds is 9. The van der Waals surface area contributed by atoms with Crippen molar-refractivity contribution in [2.45, 2.75) is 27.0 Å². The monoisotopic (exact) mass is 418 g/mol. The summed E-state index contributed by atoms with van der Waals surface area (Å²) in [6.07, 6.45) is 2.86. The molecular formula is C22H24F2N2O4. The third-order valence-electron chi connectivity index (χ3n) is 4.13. The summed E-state index contributed by atoms with van der Waals surface area (Å²) < 4.78 is 34.7.